The Kier molecular flexibility index (Phi) is 7.77. The van der Waals surface area contributed by atoms with Gasteiger partial charge in [0, 0.05) is 29.4 Å². The molecule has 1 aromatic heterocycles. The summed E-state index contributed by atoms with van der Waals surface area (Å²) in [5.74, 6) is -2.52. The van der Waals surface area contributed by atoms with E-state index in [0.29, 0.717) is 25.0 Å². The number of aromatic amines is 1. The molecule has 5 atom stereocenters. The smallest absolute Gasteiger partial charge is 0.387 e. The van der Waals surface area contributed by atoms with Crippen molar-refractivity contribution in [1.29, 1.82) is 0 Å². The first-order valence-corrected chi connectivity index (χ1v) is 13.3. The van der Waals surface area contributed by atoms with Crippen molar-refractivity contribution in [2.75, 3.05) is 19.7 Å². The second kappa shape index (κ2) is 11.1. The van der Waals surface area contributed by atoms with Crippen LogP contribution >= 0.6 is 11.6 Å². The number of H-pyrrole nitrogens is 1. The van der Waals surface area contributed by atoms with Gasteiger partial charge in [0.15, 0.2) is 5.78 Å². The molecular formula is C26H29ClF2N4O6. The molecule has 1 aliphatic carbocycles. The second-order valence-corrected chi connectivity index (χ2v) is 10.8. The second-order valence-electron chi connectivity index (χ2n) is 10.4. The minimum absolute atomic E-state index is 0.0570. The molecule has 0 bridgehead atoms. The van der Waals surface area contributed by atoms with Crippen molar-refractivity contribution >= 4 is 46.0 Å². The van der Waals surface area contributed by atoms with E-state index in [1.165, 1.54) is 23.1 Å². The van der Waals surface area contributed by atoms with E-state index in [9.17, 15) is 33.1 Å². The number of rotatable bonds is 9. The van der Waals surface area contributed by atoms with E-state index in [1.807, 2.05) is 0 Å². The lowest BCUT2D eigenvalue weighted by Gasteiger charge is -2.29. The van der Waals surface area contributed by atoms with Crippen LogP contribution in [0.3, 0.4) is 0 Å². The zero-order valence-electron chi connectivity index (χ0n) is 20.9. The summed E-state index contributed by atoms with van der Waals surface area (Å²) in [6.45, 7) is -3.08. The highest BCUT2D eigenvalue weighted by Crippen LogP contribution is 2.43. The third kappa shape index (κ3) is 5.44. The highest BCUT2D eigenvalue weighted by molar-refractivity contribution is 6.31. The topological polar surface area (TPSA) is 141 Å². The van der Waals surface area contributed by atoms with E-state index in [4.69, 9.17) is 11.6 Å². The summed E-state index contributed by atoms with van der Waals surface area (Å²) in [4.78, 5) is 56.3. The summed E-state index contributed by atoms with van der Waals surface area (Å²) in [6.07, 6.45) is 3.05. The summed E-state index contributed by atoms with van der Waals surface area (Å²) in [5.41, 5.74) is 0.403. The summed E-state index contributed by atoms with van der Waals surface area (Å²) in [6, 6.07) is 2.17. The third-order valence-corrected chi connectivity index (χ3v) is 8.29. The molecule has 13 heteroatoms. The number of Topliss-reactive ketones (excluding diaryl/α,β-unsaturated/α-hetero) is 1. The molecule has 2 aromatic rings. The first-order chi connectivity index (χ1) is 18.7. The number of ketones is 1. The van der Waals surface area contributed by atoms with E-state index in [1.54, 1.807) is 0 Å². The van der Waals surface area contributed by atoms with Gasteiger partial charge in [-0.25, -0.2) is 0 Å². The maximum Gasteiger partial charge on any atom is 0.387 e. The molecule has 5 unspecified atom stereocenters. The molecule has 10 nitrogen and oxygen atoms in total. The molecule has 2 aliphatic heterocycles. The number of carbonyl (C=O) groups is 4. The Hall–Kier alpha value is -3.25. The van der Waals surface area contributed by atoms with E-state index in [-0.39, 0.29) is 46.0 Å². The molecule has 2 saturated heterocycles. The summed E-state index contributed by atoms with van der Waals surface area (Å²) < 4.78 is 30.5. The molecule has 3 fully saturated rings. The number of carbonyl (C=O) groups excluding carboxylic acids is 4. The standard InChI is InChI=1S/C26H29ClF2N4O6/c27-14-7-17-16(21(8-14)39-26(28)29)9-19(31-17)25(38)33-10-13-2-1-3-15(13)22(33)24(37)32-18(20(35)11-34)6-12-4-5-30-23(12)36/h7-9,12-13,15,18,22,26,31,34H,1-6,10-11H2,(H,30,36)(H,32,37). The number of fused-ring (bicyclic) bond motifs is 2. The predicted octanol–water partition coefficient (Wildman–Crippen LogP) is 2.24. The maximum absolute atomic E-state index is 13.7. The number of nitrogens with zero attached hydrogens (tertiary/aromatic N) is 1. The van der Waals surface area contributed by atoms with E-state index in [0.717, 1.165) is 19.3 Å². The van der Waals surface area contributed by atoms with Crippen LogP contribution in [0.25, 0.3) is 10.9 Å². The van der Waals surface area contributed by atoms with Crippen LogP contribution < -0.4 is 15.4 Å². The molecule has 39 heavy (non-hydrogen) atoms. The molecule has 0 spiro atoms. The van der Waals surface area contributed by atoms with Gasteiger partial charge in [0.2, 0.25) is 11.8 Å². The lowest BCUT2D eigenvalue weighted by atomic mass is 9.92. The molecule has 1 saturated carbocycles. The van der Waals surface area contributed by atoms with Gasteiger partial charge in [-0.15, -0.1) is 0 Å². The summed E-state index contributed by atoms with van der Waals surface area (Å²) in [7, 11) is 0. The lowest BCUT2D eigenvalue weighted by molar-refractivity contribution is -0.133. The molecule has 3 aliphatic rings. The Labute approximate surface area is 227 Å². The van der Waals surface area contributed by atoms with Gasteiger partial charge < -0.3 is 30.4 Å². The van der Waals surface area contributed by atoms with Gasteiger partial charge in [0.25, 0.3) is 5.91 Å². The van der Waals surface area contributed by atoms with Crippen molar-refractivity contribution in [3.8, 4) is 5.75 Å². The maximum atomic E-state index is 13.7. The number of alkyl halides is 2. The largest absolute Gasteiger partial charge is 0.434 e. The number of nitrogens with one attached hydrogen (secondary N) is 3. The fourth-order valence-electron chi connectivity index (χ4n) is 6.28. The SMILES string of the molecule is O=C1NCCC1CC(NC(=O)C1C2CCCC2CN1C(=O)c1cc2c(OC(F)F)cc(Cl)cc2[nH]1)C(=O)CO. The van der Waals surface area contributed by atoms with Crippen LogP contribution in [0.2, 0.25) is 5.02 Å². The molecular weight excluding hydrogens is 538 g/mol. The molecule has 1 aromatic carbocycles. The van der Waals surface area contributed by atoms with Crippen LogP contribution in [0.5, 0.6) is 5.75 Å². The van der Waals surface area contributed by atoms with Crippen molar-refractivity contribution < 1.29 is 37.8 Å². The van der Waals surface area contributed by atoms with Crippen molar-refractivity contribution in [2.45, 2.75) is 50.8 Å². The first-order valence-electron chi connectivity index (χ1n) is 13.0. The lowest BCUT2D eigenvalue weighted by Crippen LogP contribution is -2.53. The van der Waals surface area contributed by atoms with Crippen molar-refractivity contribution in [2.24, 2.45) is 17.8 Å². The molecule has 5 rings (SSSR count). The normalized spacial score (nSPS) is 25.2. The van der Waals surface area contributed by atoms with Crippen molar-refractivity contribution in [1.82, 2.24) is 20.5 Å². The molecule has 0 radical (unpaired) electrons. The molecule has 3 amide bonds. The van der Waals surface area contributed by atoms with Gasteiger partial charge in [-0.2, -0.15) is 8.78 Å². The van der Waals surface area contributed by atoms with Crippen LogP contribution in [-0.2, 0) is 14.4 Å². The number of halogens is 3. The Balaban J connectivity index is 1.41. The molecule has 3 heterocycles. The highest BCUT2D eigenvalue weighted by Gasteiger charge is 2.50. The number of hydrogen-bond donors (Lipinski definition) is 4. The Morgan fingerprint density at radius 3 is 2.69 bits per heavy atom. The van der Waals surface area contributed by atoms with Crippen LogP contribution in [0.1, 0.15) is 42.6 Å². The fraction of sp³-hybridized carbons (Fsp3) is 0.538. The van der Waals surface area contributed by atoms with Gasteiger partial charge in [0.1, 0.15) is 24.1 Å². The number of hydrogen-bond acceptors (Lipinski definition) is 6. The number of benzene rings is 1. The van der Waals surface area contributed by atoms with Gasteiger partial charge in [-0.3, -0.25) is 19.2 Å². The van der Waals surface area contributed by atoms with E-state index < -0.39 is 48.8 Å². The summed E-state index contributed by atoms with van der Waals surface area (Å²) in [5, 5.41) is 15.3. The number of ether oxygens (including phenoxy) is 1. The summed E-state index contributed by atoms with van der Waals surface area (Å²) >= 11 is 6.04. The number of aliphatic hydroxyl groups excluding tert-OH is 1. The average molecular weight is 567 g/mol. The zero-order valence-corrected chi connectivity index (χ0v) is 21.7. The van der Waals surface area contributed by atoms with Crippen molar-refractivity contribution in [3.63, 3.8) is 0 Å². The number of aromatic nitrogens is 1. The Morgan fingerprint density at radius 1 is 1.21 bits per heavy atom. The van der Waals surface area contributed by atoms with E-state index >= 15 is 0 Å². The number of likely N-dealkylation sites (tertiary alicyclic amines) is 1. The molecule has 210 valence electrons. The fourth-order valence-corrected chi connectivity index (χ4v) is 6.49. The van der Waals surface area contributed by atoms with Gasteiger partial charge in [-0.1, -0.05) is 18.0 Å². The van der Waals surface area contributed by atoms with Crippen LogP contribution in [0.4, 0.5) is 8.78 Å². The van der Waals surface area contributed by atoms with Crippen LogP contribution in [-0.4, -0.2) is 76.9 Å². The minimum atomic E-state index is -3.09. The monoisotopic (exact) mass is 566 g/mol. The first kappa shape index (κ1) is 27.3. The average Bonchev–Trinajstić information content (AvgIpc) is 3.66. The zero-order chi connectivity index (χ0) is 27.8. The Morgan fingerprint density at radius 2 is 2.00 bits per heavy atom. The minimum Gasteiger partial charge on any atom is -0.434 e. The third-order valence-electron chi connectivity index (χ3n) is 8.08. The van der Waals surface area contributed by atoms with Gasteiger partial charge in [0.05, 0.1) is 11.6 Å². The predicted molar refractivity (Wildman–Crippen MR) is 135 cm³/mol. The van der Waals surface area contributed by atoms with Crippen LogP contribution in [0, 0.1) is 17.8 Å². The number of amides is 3. The van der Waals surface area contributed by atoms with Gasteiger partial charge in [-0.05, 0) is 55.7 Å². The Bertz CT molecular complexity index is 1300. The molecule has 4 N–H and O–H groups in total. The van der Waals surface area contributed by atoms with Crippen molar-refractivity contribution in [3.05, 3.63) is 28.9 Å². The number of aliphatic hydroxyl groups is 1. The van der Waals surface area contributed by atoms with E-state index in [2.05, 4.69) is 20.4 Å². The quantitative estimate of drug-likeness (QED) is 0.367. The van der Waals surface area contributed by atoms with Gasteiger partial charge >= 0.3 is 6.61 Å². The van der Waals surface area contributed by atoms with Crippen LogP contribution in [0.15, 0.2) is 18.2 Å². The highest BCUT2D eigenvalue weighted by atomic mass is 35.5.